The molecule has 8 heteroatoms. The second-order valence-electron chi connectivity index (χ2n) is 8.04. The number of aromatic nitrogens is 2. The highest BCUT2D eigenvalue weighted by Crippen LogP contribution is 2.21. The maximum Gasteiger partial charge on any atom is 0.270 e. The van der Waals surface area contributed by atoms with E-state index in [0.717, 1.165) is 15.6 Å². The Balaban J connectivity index is 1.65. The molecule has 35 heavy (non-hydrogen) atoms. The van der Waals surface area contributed by atoms with Gasteiger partial charge >= 0.3 is 0 Å². The Labute approximate surface area is 211 Å². The summed E-state index contributed by atoms with van der Waals surface area (Å²) in [4.78, 5) is 26.0. The second-order valence-corrected chi connectivity index (χ2v) is 8.96. The highest BCUT2D eigenvalue weighted by Gasteiger charge is 2.24. The molecule has 2 amide bonds. The topological polar surface area (TPSA) is 76.0 Å². The average Bonchev–Trinajstić information content (AvgIpc) is 3.27. The maximum absolute atomic E-state index is 13.8. The van der Waals surface area contributed by atoms with E-state index in [4.69, 9.17) is 0 Å². The number of carbonyl (C=O) groups excluding carboxylic acids is 2. The summed E-state index contributed by atoms with van der Waals surface area (Å²) in [6, 6.07) is 24.1. The van der Waals surface area contributed by atoms with Gasteiger partial charge in [0.05, 0.1) is 12.2 Å². The summed E-state index contributed by atoms with van der Waals surface area (Å²) in [6.45, 7) is 0.198. The van der Waals surface area contributed by atoms with Crippen molar-refractivity contribution in [1.82, 2.24) is 20.4 Å². The zero-order chi connectivity index (χ0) is 24.8. The lowest BCUT2D eigenvalue weighted by atomic mass is 10.0. The first-order valence-corrected chi connectivity index (χ1v) is 11.9. The predicted molar refractivity (Wildman–Crippen MR) is 136 cm³/mol. The molecule has 0 radical (unpaired) electrons. The molecular weight excluding hydrogens is 511 g/mol. The van der Waals surface area contributed by atoms with Gasteiger partial charge in [-0.25, -0.2) is 4.39 Å². The van der Waals surface area contributed by atoms with Gasteiger partial charge in [0.1, 0.15) is 17.6 Å². The largest absolute Gasteiger partial charge is 0.357 e. The molecule has 178 valence electrons. The van der Waals surface area contributed by atoms with Gasteiger partial charge in [-0.1, -0.05) is 70.5 Å². The fraction of sp³-hybridized carbons (Fsp3) is 0.148. The van der Waals surface area contributed by atoms with E-state index in [1.54, 1.807) is 18.2 Å². The average molecular weight is 535 g/mol. The van der Waals surface area contributed by atoms with Gasteiger partial charge in [-0.3, -0.25) is 14.3 Å². The van der Waals surface area contributed by atoms with E-state index in [2.05, 4.69) is 31.7 Å². The van der Waals surface area contributed by atoms with Crippen LogP contribution in [0.3, 0.4) is 0 Å². The van der Waals surface area contributed by atoms with Gasteiger partial charge in [0.25, 0.3) is 5.91 Å². The first-order valence-electron chi connectivity index (χ1n) is 11.1. The first kappa shape index (κ1) is 24.3. The zero-order valence-corrected chi connectivity index (χ0v) is 20.6. The number of nitrogens with zero attached hydrogens (tertiary/aromatic N) is 2. The van der Waals surface area contributed by atoms with Gasteiger partial charge in [-0.15, -0.1) is 0 Å². The molecule has 2 N–H and O–H groups in total. The number of hydrogen-bond acceptors (Lipinski definition) is 3. The van der Waals surface area contributed by atoms with Gasteiger partial charge in [0.15, 0.2) is 0 Å². The molecule has 6 nitrogen and oxygen atoms in total. The van der Waals surface area contributed by atoms with Crippen LogP contribution in [0.2, 0.25) is 0 Å². The standard InChI is InChI=1S/C27H24BrFN4O2/c1-30-26(34)24(15-18-7-5-11-21(28)13-18)31-27(35)25-16-23(20-9-3-2-4-10-20)32-33(25)17-19-8-6-12-22(29)14-19/h2-14,16,24H,15,17H2,1H3,(H,30,34)(H,31,35)/t24-/m0/s1. The van der Waals surface area contributed by atoms with E-state index in [1.165, 1.54) is 23.9 Å². The maximum atomic E-state index is 13.8. The van der Waals surface area contributed by atoms with Crippen LogP contribution in [0, 0.1) is 5.82 Å². The Morgan fingerprint density at radius 1 is 0.971 bits per heavy atom. The van der Waals surface area contributed by atoms with Crippen LogP contribution in [-0.4, -0.2) is 34.7 Å². The number of halogens is 2. The number of carbonyl (C=O) groups is 2. The van der Waals surface area contributed by atoms with Crippen LogP contribution < -0.4 is 10.6 Å². The number of hydrogen-bond donors (Lipinski definition) is 2. The van der Waals surface area contributed by atoms with Crippen LogP contribution in [0.4, 0.5) is 4.39 Å². The summed E-state index contributed by atoms with van der Waals surface area (Å²) in [5, 5.41) is 10.1. The summed E-state index contributed by atoms with van der Waals surface area (Å²) in [6.07, 6.45) is 0.314. The molecule has 3 aromatic carbocycles. The molecule has 0 saturated carbocycles. The van der Waals surface area contributed by atoms with Crippen molar-refractivity contribution in [3.05, 3.63) is 112 Å². The van der Waals surface area contributed by atoms with Crippen LogP contribution in [0.15, 0.2) is 89.4 Å². The van der Waals surface area contributed by atoms with E-state index in [9.17, 15) is 14.0 Å². The molecule has 0 spiro atoms. The van der Waals surface area contributed by atoms with Crippen molar-refractivity contribution in [2.24, 2.45) is 0 Å². The number of amides is 2. The van der Waals surface area contributed by atoms with Gasteiger partial charge < -0.3 is 10.6 Å². The van der Waals surface area contributed by atoms with E-state index < -0.39 is 11.9 Å². The molecule has 0 saturated heterocycles. The lowest BCUT2D eigenvalue weighted by Gasteiger charge is -2.18. The van der Waals surface area contributed by atoms with Crippen LogP contribution in [0.1, 0.15) is 21.6 Å². The smallest absolute Gasteiger partial charge is 0.270 e. The van der Waals surface area contributed by atoms with Gasteiger partial charge in [0.2, 0.25) is 5.91 Å². The Bertz CT molecular complexity index is 1340. The van der Waals surface area contributed by atoms with Crippen molar-refractivity contribution in [2.75, 3.05) is 7.05 Å². The Hall–Kier alpha value is -3.78. The lowest BCUT2D eigenvalue weighted by molar-refractivity contribution is -0.122. The molecule has 0 aliphatic heterocycles. The number of nitrogens with one attached hydrogen (secondary N) is 2. The zero-order valence-electron chi connectivity index (χ0n) is 19.0. The van der Waals surface area contributed by atoms with Crippen LogP contribution in [0.5, 0.6) is 0 Å². The molecule has 1 atom stereocenters. The SMILES string of the molecule is CNC(=O)[C@H](Cc1cccc(Br)c1)NC(=O)c1cc(-c2ccccc2)nn1Cc1cccc(F)c1. The predicted octanol–water partition coefficient (Wildman–Crippen LogP) is 4.59. The van der Waals surface area contributed by atoms with Crippen LogP contribution >= 0.6 is 15.9 Å². The molecule has 0 bridgehead atoms. The molecule has 0 aliphatic carbocycles. The third-order valence-electron chi connectivity index (χ3n) is 5.50. The molecule has 0 fully saturated rings. The summed E-state index contributed by atoms with van der Waals surface area (Å²) >= 11 is 3.44. The normalized spacial score (nSPS) is 11.6. The van der Waals surface area contributed by atoms with E-state index >= 15 is 0 Å². The molecule has 1 heterocycles. The summed E-state index contributed by atoms with van der Waals surface area (Å²) in [5.41, 5.74) is 3.29. The molecule has 1 aromatic heterocycles. The summed E-state index contributed by atoms with van der Waals surface area (Å²) < 4.78 is 16.2. The molecule has 4 aromatic rings. The Kier molecular flexibility index (Phi) is 7.72. The van der Waals surface area contributed by atoms with Crippen LogP contribution in [-0.2, 0) is 17.8 Å². The number of rotatable bonds is 8. The van der Waals surface area contributed by atoms with Crippen molar-refractivity contribution >= 4 is 27.7 Å². The van der Waals surface area contributed by atoms with Crippen molar-refractivity contribution in [3.63, 3.8) is 0 Å². The molecule has 4 rings (SSSR count). The second kappa shape index (κ2) is 11.1. The molecular formula is C27H24BrFN4O2. The van der Waals surface area contributed by atoms with E-state index in [-0.39, 0.29) is 24.0 Å². The summed E-state index contributed by atoms with van der Waals surface area (Å²) in [5.74, 6) is -1.12. The third kappa shape index (κ3) is 6.22. The lowest BCUT2D eigenvalue weighted by Crippen LogP contribution is -2.47. The molecule has 0 aliphatic rings. The van der Waals surface area contributed by atoms with Gasteiger partial charge in [-0.05, 0) is 41.5 Å². The monoisotopic (exact) mass is 534 g/mol. The minimum Gasteiger partial charge on any atom is -0.357 e. The fourth-order valence-corrected chi connectivity index (χ4v) is 4.24. The van der Waals surface area contributed by atoms with Crippen molar-refractivity contribution in [1.29, 1.82) is 0 Å². The van der Waals surface area contributed by atoms with Crippen molar-refractivity contribution < 1.29 is 14.0 Å². The minimum atomic E-state index is -0.792. The van der Waals surface area contributed by atoms with E-state index in [1.807, 2.05) is 54.6 Å². The molecule has 0 unspecified atom stereocenters. The highest BCUT2D eigenvalue weighted by molar-refractivity contribution is 9.10. The third-order valence-corrected chi connectivity index (χ3v) is 5.99. The Morgan fingerprint density at radius 2 is 1.71 bits per heavy atom. The number of likely N-dealkylation sites (N-methyl/N-ethyl adjacent to an activating group) is 1. The van der Waals surface area contributed by atoms with Crippen molar-refractivity contribution in [3.8, 4) is 11.3 Å². The van der Waals surface area contributed by atoms with Gasteiger partial charge in [0, 0.05) is 23.5 Å². The number of benzene rings is 3. The van der Waals surface area contributed by atoms with Gasteiger partial charge in [-0.2, -0.15) is 5.10 Å². The first-order chi connectivity index (χ1) is 16.9. The van der Waals surface area contributed by atoms with Crippen LogP contribution in [0.25, 0.3) is 11.3 Å². The highest BCUT2D eigenvalue weighted by atomic mass is 79.9. The minimum absolute atomic E-state index is 0.198. The quantitative estimate of drug-likeness (QED) is 0.347. The summed E-state index contributed by atoms with van der Waals surface area (Å²) in [7, 11) is 1.53. The van der Waals surface area contributed by atoms with E-state index in [0.29, 0.717) is 17.7 Å². The fourth-order valence-electron chi connectivity index (χ4n) is 3.79. The Morgan fingerprint density at radius 3 is 2.43 bits per heavy atom. The van der Waals surface area contributed by atoms with Crippen molar-refractivity contribution in [2.45, 2.75) is 19.0 Å².